The normalized spacial score (nSPS) is 10.2. The van der Waals surface area contributed by atoms with Crippen LogP contribution in [0.4, 0.5) is 0 Å². The van der Waals surface area contributed by atoms with E-state index in [0.717, 1.165) is 0 Å². The molecule has 1 N–H and O–H groups in total. The highest BCUT2D eigenvalue weighted by Gasteiger charge is 2.09. The SMILES string of the molecule is Cc1[nH][n+](C)c(C)c1C. The van der Waals surface area contributed by atoms with Gasteiger partial charge in [-0.1, -0.05) is 0 Å². The van der Waals surface area contributed by atoms with Gasteiger partial charge in [-0.2, -0.15) is 5.10 Å². The minimum atomic E-state index is 1.26. The van der Waals surface area contributed by atoms with Crippen molar-refractivity contribution in [3.05, 3.63) is 17.0 Å². The molecule has 0 amide bonds. The predicted octanol–water partition coefficient (Wildman–Crippen LogP) is 0.764. The molecule has 1 aromatic rings. The van der Waals surface area contributed by atoms with Crippen LogP contribution in [-0.4, -0.2) is 5.10 Å². The second-order valence-corrected chi connectivity index (χ2v) is 2.51. The standard InChI is InChI=1S/C7H12N2/c1-5-6(2)8-9(4)7(5)3/h1-4H3/p+1. The molecule has 0 fully saturated rings. The fraction of sp³-hybridized carbons (Fsp3) is 0.571. The monoisotopic (exact) mass is 125 g/mol. The molecule has 0 bridgehead atoms. The van der Waals surface area contributed by atoms with Crippen molar-refractivity contribution in [1.82, 2.24) is 5.10 Å². The van der Waals surface area contributed by atoms with Gasteiger partial charge in [-0.05, 0) is 13.8 Å². The summed E-state index contributed by atoms with van der Waals surface area (Å²) in [6, 6.07) is 0. The molecule has 2 nitrogen and oxygen atoms in total. The summed E-state index contributed by atoms with van der Waals surface area (Å²) >= 11 is 0. The molecular weight excluding hydrogens is 112 g/mol. The number of nitrogens with one attached hydrogen (secondary N) is 1. The number of aryl methyl sites for hydroxylation is 2. The van der Waals surface area contributed by atoms with E-state index in [4.69, 9.17) is 0 Å². The van der Waals surface area contributed by atoms with Crippen LogP contribution in [0.3, 0.4) is 0 Å². The Morgan fingerprint density at radius 1 is 1.22 bits per heavy atom. The molecule has 0 aromatic carbocycles. The van der Waals surface area contributed by atoms with Crippen LogP contribution in [0.25, 0.3) is 0 Å². The minimum Gasteiger partial charge on any atom is -0.170 e. The van der Waals surface area contributed by atoms with Crippen LogP contribution >= 0.6 is 0 Å². The van der Waals surface area contributed by atoms with Crippen molar-refractivity contribution in [2.45, 2.75) is 20.8 Å². The Balaban J connectivity index is 3.29. The smallest absolute Gasteiger partial charge is 0.170 e. The molecule has 0 aliphatic carbocycles. The van der Waals surface area contributed by atoms with Gasteiger partial charge in [0.1, 0.15) is 0 Å². The fourth-order valence-electron chi connectivity index (χ4n) is 0.942. The number of nitrogens with zero attached hydrogens (tertiary/aromatic N) is 1. The summed E-state index contributed by atoms with van der Waals surface area (Å²) in [5, 5.41) is 3.19. The van der Waals surface area contributed by atoms with Gasteiger partial charge >= 0.3 is 0 Å². The lowest BCUT2D eigenvalue weighted by Gasteiger charge is -1.79. The Bertz CT molecular complexity index is 201. The molecular formula is C7H13N2+. The van der Waals surface area contributed by atoms with E-state index >= 15 is 0 Å². The second-order valence-electron chi connectivity index (χ2n) is 2.51. The highest BCUT2D eigenvalue weighted by molar-refractivity contribution is 5.16. The molecule has 0 aliphatic rings. The fourth-order valence-corrected chi connectivity index (χ4v) is 0.942. The maximum absolute atomic E-state index is 3.19. The quantitative estimate of drug-likeness (QED) is 0.494. The molecule has 1 heterocycles. The van der Waals surface area contributed by atoms with Gasteiger partial charge in [0.05, 0.1) is 5.69 Å². The molecule has 0 unspecified atom stereocenters. The molecule has 2 heteroatoms. The Hall–Kier alpha value is -0.790. The summed E-state index contributed by atoms with van der Waals surface area (Å²) in [6.07, 6.45) is 0. The maximum Gasteiger partial charge on any atom is 0.207 e. The summed E-state index contributed by atoms with van der Waals surface area (Å²) in [5.41, 5.74) is 3.93. The van der Waals surface area contributed by atoms with E-state index < -0.39 is 0 Å². The van der Waals surface area contributed by atoms with Crippen molar-refractivity contribution in [2.75, 3.05) is 0 Å². The van der Waals surface area contributed by atoms with Crippen LogP contribution in [0.2, 0.25) is 0 Å². The summed E-state index contributed by atoms with van der Waals surface area (Å²) in [6.45, 7) is 6.32. The second kappa shape index (κ2) is 1.87. The van der Waals surface area contributed by atoms with Gasteiger partial charge < -0.3 is 0 Å². The van der Waals surface area contributed by atoms with Crippen LogP contribution in [0, 0.1) is 20.8 Å². The molecule has 50 valence electrons. The van der Waals surface area contributed by atoms with E-state index in [-0.39, 0.29) is 0 Å². The lowest BCUT2D eigenvalue weighted by atomic mass is 10.2. The predicted molar refractivity (Wildman–Crippen MR) is 36.2 cm³/mol. The van der Waals surface area contributed by atoms with Crippen molar-refractivity contribution in [1.29, 1.82) is 0 Å². The third-order valence-corrected chi connectivity index (χ3v) is 1.94. The van der Waals surface area contributed by atoms with Gasteiger partial charge in [-0.15, -0.1) is 4.68 Å². The van der Waals surface area contributed by atoms with Crippen LogP contribution in [0.5, 0.6) is 0 Å². The van der Waals surface area contributed by atoms with Crippen molar-refractivity contribution < 1.29 is 4.68 Å². The van der Waals surface area contributed by atoms with Gasteiger partial charge in [0, 0.05) is 12.5 Å². The zero-order valence-corrected chi connectivity index (χ0v) is 6.45. The molecule has 0 atom stereocenters. The van der Waals surface area contributed by atoms with E-state index in [1.807, 2.05) is 11.7 Å². The highest BCUT2D eigenvalue weighted by atomic mass is 15.3. The van der Waals surface area contributed by atoms with Crippen molar-refractivity contribution >= 4 is 0 Å². The van der Waals surface area contributed by atoms with Crippen LogP contribution in [0.15, 0.2) is 0 Å². The summed E-state index contributed by atoms with van der Waals surface area (Å²) in [7, 11) is 2.02. The van der Waals surface area contributed by atoms with E-state index in [1.165, 1.54) is 17.0 Å². The summed E-state index contributed by atoms with van der Waals surface area (Å²) in [5.74, 6) is 0. The average Bonchev–Trinajstić information content (AvgIpc) is 1.98. The number of aromatic nitrogens is 2. The lowest BCUT2D eigenvalue weighted by Crippen LogP contribution is -2.32. The maximum atomic E-state index is 3.19. The largest absolute Gasteiger partial charge is 0.207 e. The van der Waals surface area contributed by atoms with E-state index in [9.17, 15) is 0 Å². The number of hydrogen-bond donors (Lipinski definition) is 1. The Morgan fingerprint density at radius 2 is 1.78 bits per heavy atom. The molecule has 0 radical (unpaired) electrons. The lowest BCUT2D eigenvalue weighted by molar-refractivity contribution is -0.732. The summed E-state index contributed by atoms with van der Waals surface area (Å²) in [4.78, 5) is 0. The van der Waals surface area contributed by atoms with Gasteiger partial charge in [0.2, 0.25) is 5.69 Å². The zero-order valence-electron chi connectivity index (χ0n) is 6.45. The first-order chi connectivity index (χ1) is 4.13. The Labute approximate surface area is 55.5 Å². The molecule has 9 heavy (non-hydrogen) atoms. The number of aromatic amines is 1. The van der Waals surface area contributed by atoms with Crippen LogP contribution in [0.1, 0.15) is 17.0 Å². The topological polar surface area (TPSA) is 19.7 Å². The third-order valence-electron chi connectivity index (χ3n) is 1.94. The first kappa shape index (κ1) is 6.33. The van der Waals surface area contributed by atoms with Crippen LogP contribution in [-0.2, 0) is 7.05 Å². The molecule has 1 aromatic heterocycles. The van der Waals surface area contributed by atoms with Gasteiger partial charge in [0.15, 0.2) is 7.05 Å². The van der Waals surface area contributed by atoms with Crippen LogP contribution < -0.4 is 4.68 Å². The molecule has 0 spiro atoms. The molecule has 1 rings (SSSR count). The van der Waals surface area contributed by atoms with Crippen molar-refractivity contribution in [3.63, 3.8) is 0 Å². The highest BCUT2D eigenvalue weighted by Crippen LogP contribution is 2.03. The Morgan fingerprint density at radius 3 is 1.89 bits per heavy atom. The van der Waals surface area contributed by atoms with Crippen molar-refractivity contribution in [3.8, 4) is 0 Å². The van der Waals surface area contributed by atoms with E-state index in [2.05, 4.69) is 25.9 Å². The molecule has 0 saturated carbocycles. The Kier molecular flexibility index (Phi) is 1.31. The number of rotatable bonds is 0. The first-order valence-electron chi connectivity index (χ1n) is 3.14. The number of H-pyrrole nitrogens is 1. The summed E-state index contributed by atoms with van der Waals surface area (Å²) < 4.78 is 2.03. The number of hydrogen-bond acceptors (Lipinski definition) is 0. The van der Waals surface area contributed by atoms with E-state index in [0.29, 0.717) is 0 Å². The third kappa shape index (κ3) is 0.846. The minimum absolute atomic E-state index is 1.26. The van der Waals surface area contributed by atoms with Gasteiger partial charge in [0.25, 0.3) is 0 Å². The van der Waals surface area contributed by atoms with E-state index in [1.54, 1.807) is 0 Å². The zero-order chi connectivity index (χ0) is 7.02. The average molecular weight is 125 g/mol. The first-order valence-corrected chi connectivity index (χ1v) is 3.14. The van der Waals surface area contributed by atoms with Gasteiger partial charge in [-0.3, -0.25) is 0 Å². The molecule has 0 saturated heterocycles. The molecule has 0 aliphatic heterocycles. The van der Waals surface area contributed by atoms with Gasteiger partial charge in [-0.25, -0.2) is 0 Å². The van der Waals surface area contributed by atoms with Crippen molar-refractivity contribution in [2.24, 2.45) is 7.05 Å².